The number of amides is 3. The van der Waals surface area contributed by atoms with Gasteiger partial charge in [0, 0.05) is 11.9 Å². The van der Waals surface area contributed by atoms with Gasteiger partial charge in [-0.25, -0.2) is 0 Å². The van der Waals surface area contributed by atoms with Crippen LogP contribution >= 0.6 is 11.3 Å². The molecule has 1 aromatic carbocycles. The Morgan fingerprint density at radius 1 is 1.28 bits per heavy atom. The van der Waals surface area contributed by atoms with Crippen LogP contribution in [0.25, 0.3) is 0 Å². The third-order valence-corrected chi connectivity index (χ3v) is 6.41. The van der Waals surface area contributed by atoms with Gasteiger partial charge in [-0.05, 0) is 55.9 Å². The van der Waals surface area contributed by atoms with Crippen molar-refractivity contribution in [2.45, 2.75) is 45.1 Å². The van der Waals surface area contributed by atoms with Crippen molar-refractivity contribution in [1.82, 2.24) is 5.32 Å². The van der Waals surface area contributed by atoms with Crippen LogP contribution in [0, 0.1) is 6.92 Å². The molecule has 0 bridgehead atoms. The number of benzene rings is 1. The van der Waals surface area contributed by atoms with Gasteiger partial charge in [-0.1, -0.05) is 6.07 Å². The number of carbonyl (C=O) groups is 3. The summed E-state index contributed by atoms with van der Waals surface area (Å²) in [7, 11) is 1.58. The summed E-state index contributed by atoms with van der Waals surface area (Å²) in [5.41, 5.74) is 3.20. The maximum absolute atomic E-state index is 12.7. The van der Waals surface area contributed by atoms with Crippen molar-refractivity contribution >= 4 is 39.7 Å². The lowest BCUT2D eigenvalue weighted by molar-refractivity contribution is -0.128. The fourth-order valence-electron chi connectivity index (χ4n) is 3.76. The maximum atomic E-state index is 12.7. The molecule has 0 spiro atoms. The molecule has 2 aromatic rings. The Labute approximate surface area is 172 Å². The number of aryl methyl sites for hydroxylation is 2. The van der Waals surface area contributed by atoms with Crippen molar-refractivity contribution in [2.24, 2.45) is 0 Å². The maximum Gasteiger partial charge on any atom is 0.266 e. The van der Waals surface area contributed by atoms with Crippen LogP contribution in [0.5, 0.6) is 5.75 Å². The van der Waals surface area contributed by atoms with E-state index in [2.05, 4.69) is 16.0 Å². The molecule has 0 fully saturated rings. The van der Waals surface area contributed by atoms with E-state index in [1.165, 1.54) is 11.3 Å². The van der Waals surface area contributed by atoms with Crippen LogP contribution in [0.15, 0.2) is 18.2 Å². The molecular formula is C21H23N3O4S. The first-order chi connectivity index (χ1) is 14.0. The van der Waals surface area contributed by atoms with Crippen LogP contribution in [-0.4, -0.2) is 30.9 Å². The van der Waals surface area contributed by atoms with Crippen LogP contribution in [0.2, 0.25) is 0 Å². The Morgan fingerprint density at radius 3 is 2.86 bits per heavy atom. The molecule has 1 aliphatic heterocycles. The highest BCUT2D eigenvalue weighted by Gasteiger charge is 2.31. The average Bonchev–Trinajstić information content (AvgIpc) is 3.05. The molecular weight excluding hydrogens is 390 g/mol. The van der Waals surface area contributed by atoms with Gasteiger partial charge in [-0.3, -0.25) is 14.4 Å². The van der Waals surface area contributed by atoms with E-state index in [1.807, 2.05) is 19.1 Å². The van der Waals surface area contributed by atoms with Gasteiger partial charge in [0.1, 0.15) is 10.8 Å². The van der Waals surface area contributed by atoms with E-state index >= 15 is 0 Å². The number of hydrogen-bond donors (Lipinski definition) is 3. The normalized spacial score (nSPS) is 17.4. The summed E-state index contributed by atoms with van der Waals surface area (Å²) in [6.45, 7) is 1.93. The standard InChI is InChI=1S/C21H23N3O4S/c1-11-7-8-14-13(9-11)23-19(26)15(28-14)10-17(25)24-21-18(20(27)22-2)12-5-3-4-6-16(12)29-21/h7-9,15H,3-6,10H2,1-2H3,(H,22,27)(H,23,26)(H,24,25). The number of hydrogen-bond acceptors (Lipinski definition) is 5. The molecule has 2 aliphatic rings. The number of rotatable bonds is 4. The average molecular weight is 413 g/mol. The lowest BCUT2D eigenvalue weighted by Gasteiger charge is -2.25. The second-order valence-electron chi connectivity index (χ2n) is 7.34. The number of carbonyl (C=O) groups excluding carboxylic acids is 3. The number of fused-ring (bicyclic) bond motifs is 2. The van der Waals surface area contributed by atoms with Crippen molar-refractivity contribution in [3.63, 3.8) is 0 Å². The molecule has 0 saturated heterocycles. The van der Waals surface area contributed by atoms with Gasteiger partial charge in [-0.15, -0.1) is 11.3 Å². The zero-order chi connectivity index (χ0) is 20.5. The Kier molecular flexibility index (Phi) is 5.27. The van der Waals surface area contributed by atoms with Crippen LogP contribution in [-0.2, 0) is 22.4 Å². The molecule has 1 aromatic heterocycles. The first-order valence-corrected chi connectivity index (χ1v) is 10.5. The van der Waals surface area contributed by atoms with Gasteiger partial charge in [0.15, 0.2) is 6.10 Å². The van der Waals surface area contributed by atoms with Crippen LogP contribution in [0.4, 0.5) is 10.7 Å². The largest absolute Gasteiger partial charge is 0.478 e. The number of anilines is 2. The molecule has 29 heavy (non-hydrogen) atoms. The van der Waals surface area contributed by atoms with Crippen LogP contribution < -0.4 is 20.7 Å². The molecule has 7 nitrogen and oxygen atoms in total. The van der Waals surface area contributed by atoms with Crippen molar-refractivity contribution in [1.29, 1.82) is 0 Å². The topological polar surface area (TPSA) is 96.5 Å². The zero-order valence-corrected chi connectivity index (χ0v) is 17.2. The number of nitrogens with one attached hydrogen (secondary N) is 3. The highest BCUT2D eigenvalue weighted by atomic mass is 32.1. The summed E-state index contributed by atoms with van der Waals surface area (Å²) >= 11 is 1.45. The Balaban J connectivity index is 1.50. The van der Waals surface area contributed by atoms with Crippen LogP contribution in [0.3, 0.4) is 0 Å². The number of thiophene rings is 1. The lowest BCUT2D eigenvalue weighted by atomic mass is 9.95. The quantitative estimate of drug-likeness (QED) is 0.718. The van der Waals surface area contributed by atoms with E-state index in [-0.39, 0.29) is 24.1 Å². The Hall–Kier alpha value is -2.87. The molecule has 0 radical (unpaired) electrons. The minimum atomic E-state index is -0.914. The first kappa shape index (κ1) is 19.4. The third kappa shape index (κ3) is 3.85. The van der Waals surface area contributed by atoms with Gasteiger partial charge in [-0.2, -0.15) is 0 Å². The fraction of sp³-hybridized carbons (Fsp3) is 0.381. The second-order valence-corrected chi connectivity index (χ2v) is 8.45. The van der Waals surface area contributed by atoms with Gasteiger partial charge < -0.3 is 20.7 Å². The van der Waals surface area contributed by atoms with E-state index in [0.29, 0.717) is 22.0 Å². The summed E-state index contributed by atoms with van der Waals surface area (Å²) in [5, 5.41) is 8.85. The minimum absolute atomic E-state index is 0.130. The van der Waals surface area contributed by atoms with E-state index in [9.17, 15) is 14.4 Å². The lowest BCUT2D eigenvalue weighted by Crippen LogP contribution is -2.39. The molecule has 1 unspecified atom stereocenters. The van der Waals surface area contributed by atoms with Gasteiger partial charge in [0.2, 0.25) is 5.91 Å². The molecule has 1 atom stereocenters. The van der Waals surface area contributed by atoms with Crippen molar-refractivity contribution in [2.75, 3.05) is 17.7 Å². The molecule has 3 amide bonds. The Morgan fingerprint density at radius 2 is 2.07 bits per heavy atom. The van der Waals surface area contributed by atoms with Gasteiger partial charge in [0.05, 0.1) is 17.7 Å². The minimum Gasteiger partial charge on any atom is -0.478 e. The summed E-state index contributed by atoms with van der Waals surface area (Å²) in [4.78, 5) is 38.6. The van der Waals surface area contributed by atoms with E-state index in [1.54, 1.807) is 13.1 Å². The predicted molar refractivity (Wildman–Crippen MR) is 112 cm³/mol. The summed E-state index contributed by atoms with van der Waals surface area (Å²) in [6.07, 6.45) is 2.84. The highest BCUT2D eigenvalue weighted by molar-refractivity contribution is 7.17. The molecule has 1 aliphatic carbocycles. The SMILES string of the molecule is CNC(=O)c1c(NC(=O)CC2Oc3ccc(C)cc3NC2=O)sc2c1CCCC2. The summed E-state index contributed by atoms with van der Waals surface area (Å²) in [6, 6.07) is 5.50. The summed E-state index contributed by atoms with van der Waals surface area (Å²) < 4.78 is 5.74. The second kappa shape index (κ2) is 7.87. The molecule has 0 saturated carbocycles. The fourth-order valence-corrected chi connectivity index (χ4v) is 5.07. The number of ether oxygens (including phenoxy) is 1. The summed E-state index contributed by atoms with van der Waals surface area (Å²) in [5.74, 6) is -0.360. The highest BCUT2D eigenvalue weighted by Crippen LogP contribution is 2.38. The predicted octanol–water partition coefficient (Wildman–Crippen LogP) is 3.02. The molecule has 3 N–H and O–H groups in total. The van der Waals surface area contributed by atoms with Crippen molar-refractivity contribution in [3.8, 4) is 5.75 Å². The van der Waals surface area contributed by atoms with E-state index in [4.69, 9.17) is 4.74 Å². The Bertz CT molecular complexity index is 998. The molecule has 4 rings (SSSR count). The smallest absolute Gasteiger partial charge is 0.266 e. The molecule has 152 valence electrons. The first-order valence-electron chi connectivity index (χ1n) is 9.71. The van der Waals surface area contributed by atoms with Crippen molar-refractivity contribution in [3.05, 3.63) is 39.8 Å². The van der Waals surface area contributed by atoms with Gasteiger partial charge >= 0.3 is 0 Å². The molecule has 8 heteroatoms. The molecule has 2 heterocycles. The zero-order valence-electron chi connectivity index (χ0n) is 16.4. The van der Waals surface area contributed by atoms with E-state index < -0.39 is 6.10 Å². The van der Waals surface area contributed by atoms with E-state index in [0.717, 1.165) is 41.7 Å². The van der Waals surface area contributed by atoms with Gasteiger partial charge in [0.25, 0.3) is 11.8 Å². The third-order valence-electron chi connectivity index (χ3n) is 5.20. The van der Waals surface area contributed by atoms with Crippen molar-refractivity contribution < 1.29 is 19.1 Å². The van der Waals surface area contributed by atoms with Crippen LogP contribution in [0.1, 0.15) is 45.6 Å². The monoisotopic (exact) mass is 413 g/mol.